The van der Waals surface area contributed by atoms with Gasteiger partial charge in [-0.25, -0.2) is 4.39 Å². The molecule has 7 unspecified atom stereocenters. The molecule has 0 spiro atoms. The molecular weight excluding hydrogens is 291 g/mol. The van der Waals surface area contributed by atoms with Crippen molar-refractivity contribution in [1.29, 1.82) is 0 Å². The first-order valence-electron chi connectivity index (χ1n) is 9.28. The van der Waals surface area contributed by atoms with Crippen LogP contribution in [0.2, 0.25) is 0 Å². The Morgan fingerprint density at radius 3 is 2.65 bits per heavy atom. The van der Waals surface area contributed by atoms with Crippen LogP contribution < -0.4 is 0 Å². The second-order valence-corrected chi connectivity index (χ2v) is 9.32. The predicted octanol–water partition coefficient (Wildman–Crippen LogP) is 3.89. The molecule has 5 aliphatic carbocycles. The van der Waals surface area contributed by atoms with E-state index >= 15 is 4.39 Å². The number of fused-ring (bicyclic) bond motifs is 7. The van der Waals surface area contributed by atoms with Crippen LogP contribution in [0.4, 0.5) is 4.39 Å². The monoisotopic (exact) mass is 316 g/mol. The van der Waals surface area contributed by atoms with Gasteiger partial charge in [0.25, 0.3) is 0 Å². The smallest absolute Gasteiger partial charge is 0.155 e. The van der Waals surface area contributed by atoms with Crippen LogP contribution in [0.15, 0.2) is 11.6 Å². The SMILES string of the molecule is CC12CCC(=O)C=C1CCC1C2C(F)CC2(C)C(=O)[C@H]3CC3C12. The second kappa shape index (κ2) is 4.15. The van der Waals surface area contributed by atoms with Gasteiger partial charge in [0.2, 0.25) is 0 Å². The summed E-state index contributed by atoms with van der Waals surface area (Å²) < 4.78 is 15.4. The fourth-order valence-corrected chi connectivity index (χ4v) is 7.29. The standard InChI is InChI=1S/C20H25FO2/c1-19-6-5-11(22)7-10(19)3-4-12-16-13-8-14(13)18(23)20(16,2)9-15(21)17(12)19/h7,12-17H,3-6,8-9H2,1-2H3/t12?,13?,14-,15?,16?,17?,19?,20?/m0/s1. The third kappa shape index (κ3) is 1.59. The zero-order valence-corrected chi connectivity index (χ0v) is 14.0. The average molecular weight is 316 g/mol. The minimum absolute atomic E-state index is 0.0147. The maximum Gasteiger partial charge on any atom is 0.155 e. The van der Waals surface area contributed by atoms with Crippen molar-refractivity contribution in [2.45, 2.75) is 58.5 Å². The van der Waals surface area contributed by atoms with Gasteiger partial charge in [0.15, 0.2) is 5.78 Å². The minimum atomic E-state index is -0.899. The number of allylic oxidation sites excluding steroid dienone is 1. The van der Waals surface area contributed by atoms with Gasteiger partial charge in [0.05, 0.1) is 0 Å². The summed E-state index contributed by atoms with van der Waals surface area (Å²) in [5, 5.41) is 0. The molecular formula is C20H25FO2. The van der Waals surface area contributed by atoms with E-state index < -0.39 is 11.6 Å². The van der Waals surface area contributed by atoms with E-state index in [1.165, 1.54) is 5.57 Å². The number of hydrogen-bond acceptors (Lipinski definition) is 2. The number of rotatable bonds is 0. The maximum absolute atomic E-state index is 15.4. The van der Waals surface area contributed by atoms with Crippen LogP contribution in [0.3, 0.4) is 0 Å². The van der Waals surface area contributed by atoms with Crippen LogP contribution in [0.5, 0.6) is 0 Å². The van der Waals surface area contributed by atoms with Gasteiger partial charge in [-0.05, 0) is 61.3 Å². The molecule has 3 heteroatoms. The molecule has 8 atom stereocenters. The summed E-state index contributed by atoms with van der Waals surface area (Å²) in [5.41, 5.74) is 0.627. The molecule has 4 saturated carbocycles. The minimum Gasteiger partial charge on any atom is -0.299 e. The molecule has 0 heterocycles. The topological polar surface area (TPSA) is 34.1 Å². The van der Waals surface area contributed by atoms with Crippen LogP contribution in [0, 0.1) is 40.4 Å². The first-order chi connectivity index (χ1) is 10.9. The zero-order valence-electron chi connectivity index (χ0n) is 14.0. The van der Waals surface area contributed by atoms with Gasteiger partial charge in [0, 0.05) is 23.7 Å². The molecule has 0 saturated heterocycles. The van der Waals surface area contributed by atoms with Crippen LogP contribution >= 0.6 is 0 Å². The van der Waals surface area contributed by atoms with Crippen LogP contribution in [-0.2, 0) is 9.59 Å². The Bertz CT molecular complexity index is 652. The summed E-state index contributed by atoms with van der Waals surface area (Å²) in [5.74, 6) is 2.10. The van der Waals surface area contributed by atoms with Gasteiger partial charge < -0.3 is 0 Å². The Morgan fingerprint density at radius 2 is 1.87 bits per heavy atom. The van der Waals surface area contributed by atoms with Crippen molar-refractivity contribution in [3.8, 4) is 0 Å². The van der Waals surface area contributed by atoms with E-state index in [-0.39, 0.29) is 23.0 Å². The van der Waals surface area contributed by atoms with Crippen molar-refractivity contribution >= 4 is 11.6 Å². The number of halogens is 1. The number of carbonyl (C=O) groups excluding carboxylic acids is 2. The highest BCUT2D eigenvalue weighted by Crippen LogP contribution is 2.72. The summed E-state index contributed by atoms with van der Waals surface area (Å²) >= 11 is 0. The third-order valence-corrected chi connectivity index (χ3v) is 8.31. The first-order valence-corrected chi connectivity index (χ1v) is 9.28. The molecule has 0 aromatic carbocycles. The van der Waals surface area contributed by atoms with Gasteiger partial charge >= 0.3 is 0 Å². The van der Waals surface area contributed by atoms with E-state index in [2.05, 4.69) is 6.92 Å². The fraction of sp³-hybridized carbons (Fsp3) is 0.800. The second-order valence-electron chi connectivity index (χ2n) is 9.32. The third-order valence-electron chi connectivity index (χ3n) is 8.31. The van der Waals surface area contributed by atoms with Crippen molar-refractivity contribution < 1.29 is 14.0 Å². The maximum atomic E-state index is 15.4. The highest BCUT2D eigenvalue weighted by molar-refractivity contribution is 5.93. The van der Waals surface area contributed by atoms with Gasteiger partial charge in [0.1, 0.15) is 12.0 Å². The Kier molecular flexibility index (Phi) is 2.59. The summed E-state index contributed by atoms with van der Waals surface area (Å²) in [4.78, 5) is 24.5. The van der Waals surface area contributed by atoms with Gasteiger partial charge in [-0.2, -0.15) is 0 Å². The fourth-order valence-electron chi connectivity index (χ4n) is 7.29. The molecule has 2 nitrogen and oxygen atoms in total. The van der Waals surface area contributed by atoms with E-state index in [4.69, 9.17) is 0 Å². The van der Waals surface area contributed by atoms with Gasteiger partial charge in [-0.15, -0.1) is 0 Å². The molecule has 23 heavy (non-hydrogen) atoms. The quantitative estimate of drug-likeness (QED) is 0.679. The lowest BCUT2D eigenvalue weighted by Gasteiger charge is -2.58. The average Bonchev–Trinajstić information content (AvgIpc) is 3.22. The van der Waals surface area contributed by atoms with Crippen molar-refractivity contribution in [2.24, 2.45) is 40.4 Å². The highest BCUT2D eigenvalue weighted by atomic mass is 19.1. The molecule has 0 bridgehead atoms. The van der Waals surface area contributed by atoms with Crippen LogP contribution in [0.1, 0.15) is 52.4 Å². The van der Waals surface area contributed by atoms with Crippen molar-refractivity contribution in [3.05, 3.63) is 11.6 Å². The lowest BCUT2D eigenvalue weighted by Crippen LogP contribution is -2.56. The first kappa shape index (κ1) is 14.4. The Balaban J connectivity index is 1.59. The summed E-state index contributed by atoms with van der Waals surface area (Å²) in [6.07, 6.45) is 5.64. The summed E-state index contributed by atoms with van der Waals surface area (Å²) in [7, 11) is 0. The molecule has 4 fully saturated rings. The number of carbonyl (C=O) groups is 2. The van der Waals surface area contributed by atoms with Gasteiger partial charge in [-0.3, -0.25) is 9.59 Å². The lowest BCUT2D eigenvalue weighted by atomic mass is 9.46. The molecule has 0 amide bonds. The molecule has 5 aliphatic rings. The lowest BCUT2D eigenvalue weighted by molar-refractivity contribution is -0.143. The Labute approximate surface area is 136 Å². The van der Waals surface area contributed by atoms with E-state index in [0.717, 1.165) is 25.7 Å². The molecule has 0 aromatic rings. The largest absolute Gasteiger partial charge is 0.299 e. The molecule has 5 rings (SSSR count). The van der Waals surface area contributed by atoms with Crippen LogP contribution in [0.25, 0.3) is 0 Å². The molecule has 0 aromatic heterocycles. The van der Waals surface area contributed by atoms with E-state index in [0.29, 0.717) is 36.4 Å². The van der Waals surface area contributed by atoms with E-state index in [1.807, 2.05) is 13.0 Å². The zero-order chi connectivity index (χ0) is 16.1. The summed E-state index contributed by atoms with van der Waals surface area (Å²) in [6, 6.07) is 0. The number of hydrogen-bond donors (Lipinski definition) is 0. The molecule has 124 valence electrons. The number of Topliss-reactive ketones (excluding diaryl/α,β-unsaturated/α-hetero) is 1. The van der Waals surface area contributed by atoms with Crippen molar-refractivity contribution in [3.63, 3.8) is 0 Å². The van der Waals surface area contributed by atoms with Crippen molar-refractivity contribution in [2.75, 3.05) is 0 Å². The molecule has 0 radical (unpaired) electrons. The van der Waals surface area contributed by atoms with E-state index in [1.54, 1.807) is 0 Å². The Morgan fingerprint density at radius 1 is 1.09 bits per heavy atom. The normalized spacial score (nSPS) is 57.1. The highest BCUT2D eigenvalue weighted by Gasteiger charge is 2.72. The molecule has 0 N–H and O–H groups in total. The molecule has 0 aliphatic heterocycles. The van der Waals surface area contributed by atoms with Crippen molar-refractivity contribution in [1.82, 2.24) is 0 Å². The van der Waals surface area contributed by atoms with Crippen LogP contribution in [-0.4, -0.2) is 17.7 Å². The van der Waals surface area contributed by atoms with Gasteiger partial charge in [-0.1, -0.05) is 19.4 Å². The van der Waals surface area contributed by atoms with E-state index in [9.17, 15) is 9.59 Å². The number of alkyl halides is 1. The Hall–Kier alpha value is -0.990. The number of ketones is 2. The predicted molar refractivity (Wildman–Crippen MR) is 84.4 cm³/mol. The summed E-state index contributed by atoms with van der Waals surface area (Å²) in [6.45, 7) is 4.24.